The van der Waals surface area contributed by atoms with Crippen LogP contribution in [0.1, 0.15) is 19.8 Å². The molecule has 0 radical (unpaired) electrons. The molecule has 1 rings (SSSR count). The molecule has 0 aliphatic carbocycles. The lowest BCUT2D eigenvalue weighted by Crippen LogP contribution is -2.09. The molecule has 0 N–H and O–H groups in total. The summed E-state index contributed by atoms with van der Waals surface area (Å²) >= 11 is 0. The molecule has 4 nitrogen and oxygen atoms in total. The fourth-order valence-electron chi connectivity index (χ4n) is 0.731. The zero-order chi connectivity index (χ0) is 11.4. The first-order valence-electron chi connectivity index (χ1n) is 4.12. The van der Waals surface area contributed by atoms with Gasteiger partial charge in [0.15, 0.2) is 8.09 Å². The topological polar surface area (TPSA) is 28.1 Å². The molecule has 90 valence electrons. The summed E-state index contributed by atoms with van der Waals surface area (Å²) in [7, 11) is -9.21. The highest BCUT2D eigenvalue weighted by Crippen LogP contribution is 2.72. The molecule has 0 spiro atoms. The van der Waals surface area contributed by atoms with Crippen LogP contribution in [0.25, 0.3) is 0 Å². The van der Waals surface area contributed by atoms with Crippen molar-refractivity contribution in [2.75, 3.05) is 6.61 Å². The quantitative estimate of drug-likeness (QED) is 0.321. The van der Waals surface area contributed by atoms with Gasteiger partial charge in [0.1, 0.15) is 0 Å². The number of halogens is 4. The lowest BCUT2D eigenvalue weighted by molar-refractivity contribution is 0.177. The van der Waals surface area contributed by atoms with E-state index < -0.39 is 34.5 Å². The molecule has 1 heterocycles. The van der Waals surface area contributed by atoms with E-state index in [1.165, 1.54) is 0 Å². The second kappa shape index (κ2) is 6.43. The SMILES string of the molecule is CCCCO[PH]1=NP(F)N(F)P(F)N1F. The molecule has 0 aromatic heterocycles. The Morgan fingerprint density at radius 2 is 2.07 bits per heavy atom. The van der Waals surface area contributed by atoms with Crippen molar-refractivity contribution < 1.29 is 21.9 Å². The van der Waals surface area contributed by atoms with Crippen molar-refractivity contribution in [2.45, 2.75) is 19.8 Å². The van der Waals surface area contributed by atoms with Crippen LogP contribution in [0.4, 0.5) is 17.4 Å². The van der Waals surface area contributed by atoms with Crippen molar-refractivity contribution in [2.24, 2.45) is 4.52 Å². The third-order valence-electron chi connectivity index (χ3n) is 1.47. The van der Waals surface area contributed by atoms with Gasteiger partial charge in [0, 0.05) is 0 Å². The van der Waals surface area contributed by atoms with E-state index in [-0.39, 0.29) is 6.61 Å². The molecule has 0 saturated heterocycles. The summed E-state index contributed by atoms with van der Waals surface area (Å²) in [5.74, 6) is 0. The first-order valence-corrected chi connectivity index (χ1v) is 7.70. The second-order valence-electron chi connectivity index (χ2n) is 2.57. The summed E-state index contributed by atoms with van der Waals surface area (Å²) in [6, 6.07) is 0. The summed E-state index contributed by atoms with van der Waals surface area (Å²) in [6.45, 7) is 2.06. The maximum Gasteiger partial charge on any atom is 0.322 e. The van der Waals surface area contributed by atoms with Gasteiger partial charge < -0.3 is 4.52 Å². The van der Waals surface area contributed by atoms with Crippen molar-refractivity contribution in [1.29, 1.82) is 0 Å². The Bertz CT molecular complexity index is 247. The number of nitrogens with zero attached hydrogens (tertiary/aromatic N) is 3. The number of hydrogen-bond donors (Lipinski definition) is 0. The zero-order valence-corrected chi connectivity index (χ0v) is 10.6. The Morgan fingerprint density at radius 1 is 1.40 bits per heavy atom. The summed E-state index contributed by atoms with van der Waals surface area (Å²) < 4.78 is 57.8. The third kappa shape index (κ3) is 3.58. The first-order chi connectivity index (χ1) is 7.07. The highest BCUT2D eigenvalue weighted by Gasteiger charge is 2.42. The number of rotatable bonds is 4. The number of hydrogen-bond acceptors (Lipinski definition) is 4. The largest absolute Gasteiger partial charge is 0.333 e. The minimum atomic E-state index is -3.40. The van der Waals surface area contributed by atoms with Crippen molar-refractivity contribution >= 4 is 25.2 Å². The minimum absolute atomic E-state index is 0.174. The van der Waals surface area contributed by atoms with Crippen LogP contribution >= 0.6 is 25.2 Å². The predicted molar refractivity (Wildman–Crippen MR) is 53.6 cm³/mol. The van der Waals surface area contributed by atoms with Gasteiger partial charge in [-0.05, 0) is 15.7 Å². The molecule has 15 heavy (non-hydrogen) atoms. The van der Waals surface area contributed by atoms with Crippen LogP contribution in [0.5, 0.6) is 0 Å². The fraction of sp³-hybridized carbons (Fsp3) is 1.00. The Morgan fingerprint density at radius 3 is 2.67 bits per heavy atom. The van der Waals surface area contributed by atoms with Gasteiger partial charge in [-0.3, -0.25) is 0 Å². The average Bonchev–Trinajstić information content (AvgIpc) is 2.23. The van der Waals surface area contributed by atoms with Crippen LogP contribution in [0.15, 0.2) is 4.52 Å². The molecule has 0 aromatic rings. The molecule has 11 heteroatoms. The van der Waals surface area contributed by atoms with Gasteiger partial charge in [0.05, 0.1) is 6.61 Å². The van der Waals surface area contributed by atoms with Crippen LogP contribution in [0.3, 0.4) is 0 Å². The Kier molecular flexibility index (Phi) is 5.90. The monoisotopic (exact) mass is 285 g/mol. The summed E-state index contributed by atoms with van der Waals surface area (Å²) in [6.07, 6.45) is 1.46. The normalized spacial score (nSPS) is 34.1. The van der Waals surface area contributed by atoms with Gasteiger partial charge in [0.25, 0.3) is 0 Å². The van der Waals surface area contributed by atoms with Crippen molar-refractivity contribution in [3.8, 4) is 0 Å². The summed E-state index contributed by atoms with van der Waals surface area (Å²) in [4.78, 5) is 0. The van der Waals surface area contributed by atoms with Crippen molar-refractivity contribution in [3.63, 3.8) is 0 Å². The van der Waals surface area contributed by atoms with Crippen LogP contribution in [-0.2, 0) is 4.52 Å². The maximum atomic E-state index is 13.0. The highest BCUT2D eigenvalue weighted by atomic mass is 31.3. The van der Waals surface area contributed by atoms with Gasteiger partial charge in [-0.1, -0.05) is 13.3 Å². The smallest absolute Gasteiger partial charge is 0.322 e. The molecular formula is C4H10F4N3OP3. The van der Waals surface area contributed by atoms with Crippen LogP contribution in [0.2, 0.25) is 0 Å². The second-order valence-corrected chi connectivity index (χ2v) is 7.32. The average molecular weight is 285 g/mol. The molecule has 0 aromatic carbocycles. The van der Waals surface area contributed by atoms with Gasteiger partial charge >= 0.3 is 17.1 Å². The molecule has 1 aliphatic rings. The van der Waals surface area contributed by atoms with Crippen molar-refractivity contribution in [3.05, 3.63) is 0 Å². The van der Waals surface area contributed by atoms with E-state index in [9.17, 15) is 17.4 Å². The zero-order valence-electron chi connectivity index (χ0n) is 7.78. The van der Waals surface area contributed by atoms with Crippen LogP contribution in [-0.4, -0.2) is 15.9 Å². The molecule has 0 bridgehead atoms. The molecule has 1 aliphatic heterocycles. The van der Waals surface area contributed by atoms with E-state index in [1.807, 2.05) is 6.92 Å². The first kappa shape index (κ1) is 13.8. The Hall–Kier alpha value is 0.690. The lowest BCUT2D eigenvalue weighted by atomic mass is 10.4. The van der Waals surface area contributed by atoms with E-state index in [2.05, 4.69) is 4.52 Å². The predicted octanol–water partition coefficient (Wildman–Crippen LogP) is 4.81. The third-order valence-corrected chi connectivity index (χ3v) is 6.32. The van der Waals surface area contributed by atoms with E-state index in [1.54, 1.807) is 0 Å². The van der Waals surface area contributed by atoms with E-state index in [0.717, 1.165) is 6.42 Å². The highest BCUT2D eigenvalue weighted by molar-refractivity contribution is 7.73. The fourth-order valence-corrected chi connectivity index (χ4v) is 5.30. The van der Waals surface area contributed by atoms with E-state index in [4.69, 9.17) is 4.52 Å². The molecule has 0 saturated carbocycles. The van der Waals surface area contributed by atoms with Crippen LogP contribution < -0.4 is 0 Å². The standard InChI is InChI=1S/C4H10F4N3OP3/c1-2-3-4-12-15-9-13(7)10(5)14(8)11(15)6/h15H,2-4H2,1H3. The Labute approximate surface area is 88.0 Å². The number of unbranched alkanes of at least 4 members (excludes halogenated alkanes) is 1. The molecule has 3 unspecified atom stereocenters. The van der Waals surface area contributed by atoms with Gasteiger partial charge in [-0.2, -0.15) is 12.9 Å². The van der Waals surface area contributed by atoms with Gasteiger partial charge in [-0.25, -0.2) is 0 Å². The van der Waals surface area contributed by atoms with Gasteiger partial charge in [0.2, 0.25) is 0 Å². The minimum Gasteiger partial charge on any atom is -0.333 e. The molecule has 0 amide bonds. The maximum absolute atomic E-state index is 13.0. The van der Waals surface area contributed by atoms with Crippen molar-refractivity contribution in [1.82, 2.24) is 9.33 Å². The Balaban J connectivity index is 2.58. The molecule has 3 atom stereocenters. The van der Waals surface area contributed by atoms with Gasteiger partial charge in [-0.15, -0.1) is 8.96 Å². The lowest BCUT2D eigenvalue weighted by Gasteiger charge is -2.26. The molecule has 0 fully saturated rings. The van der Waals surface area contributed by atoms with E-state index in [0.29, 0.717) is 6.42 Å². The molecular weight excluding hydrogens is 275 g/mol. The summed E-state index contributed by atoms with van der Waals surface area (Å²) in [5.41, 5.74) is 0. The van der Waals surface area contributed by atoms with E-state index >= 15 is 0 Å². The van der Waals surface area contributed by atoms with Crippen LogP contribution in [0, 0.1) is 0 Å². The summed E-state index contributed by atoms with van der Waals surface area (Å²) in [5, 5.41) is 0.